The van der Waals surface area contributed by atoms with Crippen molar-refractivity contribution >= 4 is 10.9 Å². The van der Waals surface area contributed by atoms with E-state index in [1.165, 1.54) is 5.56 Å². The Labute approximate surface area is 182 Å². The van der Waals surface area contributed by atoms with Crippen LogP contribution in [-0.2, 0) is 17.7 Å². The number of aryl methyl sites for hydroxylation is 3. The molecule has 0 radical (unpaired) electrons. The van der Waals surface area contributed by atoms with Crippen LogP contribution in [0.25, 0.3) is 10.9 Å². The summed E-state index contributed by atoms with van der Waals surface area (Å²) in [5.74, 6) is 0. The van der Waals surface area contributed by atoms with Crippen molar-refractivity contribution in [2.24, 2.45) is 0 Å². The zero-order valence-electron chi connectivity index (χ0n) is 18.2. The number of nitrogens with zero attached hydrogens (tertiary/aromatic N) is 1. The van der Waals surface area contributed by atoms with Crippen LogP contribution >= 0.6 is 0 Å². The van der Waals surface area contributed by atoms with Gasteiger partial charge in [0.05, 0.1) is 12.1 Å². The average Bonchev–Trinajstić information content (AvgIpc) is 3.11. The highest BCUT2D eigenvalue weighted by atomic mass is 16.5. The van der Waals surface area contributed by atoms with Gasteiger partial charge in [0.1, 0.15) is 30.5 Å². The molecule has 166 valence electrons. The van der Waals surface area contributed by atoms with Gasteiger partial charge in [-0.1, -0.05) is 42.8 Å². The summed E-state index contributed by atoms with van der Waals surface area (Å²) in [6.07, 6.45) is -2.92. The molecule has 1 aliphatic rings. The van der Waals surface area contributed by atoms with E-state index in [2.05, 4.69) is 54.8 Å². The fourth-order valence-electron chi connectivity index (χ4n) is 4.65. The van der Waals surface area contributed by atoms with Gasteiger partial charge in [0.15, 0.2) is 0 Å². The zero-order chi connectivity index (χ0) is 22.3. The lowest BCUT2D eigenvalue weighted by Gasteiger charge is -2.40. The van der Waals surface area contributed by atoms with E-state index in [-0.39, 0.29) is 0 Å². The third-order valence-electron chi connectivity index (χ3n) is 6.32. The molecule has 1 fully saturated rings. The molecule has 3 aromatic rings. The lowest BCUT2D eigenvalue weighted by Crippen LogP contribution is -2.55. The molecule has 1 saturated heterocycles. The molecule has 2 aromatic carbocycles. The molecule has 1 aromatic heterocycles. The first-order valence-electron chi connectivity index (χ1n) is 10.8. The largest absolute Gasteiger partial charge is 0.394 e. The van der Waals surface area contributed by atoms with E-state index in [0.29, 0.717) is 6.54 Å². The molecule has 4 rings (SSSR count). The van der Waals surface area contributed by atoms with Crippen molar-refractivity contribution in [1.29, 1.82) is 0 Å². The second-order valence-electron chi connectivity index (χ2n) is 8.61. The van der Waals surface area contributed by atoms with Gasteiger partial charge >= 0.3 is 0 Å². The lowest BCUT2D eigenvalue weighted by molar-refractivity contribution is -0.231. The minimum absolute atomic E-state index is 0.443. The van der Waals surface area contributed by atoms with E-state index in [0.717, 1.165) is 39.6 Å². The fraction of sp³-hybridized carbons (Fsp3) is 0.440. The maximum Gasteiger partial charge on any atom is 0.114 e. The molecule has 5 atom stereocenters. The van der Waals surface area contributed by atoms with Gasteiger partial charge in [0, 0.05) is 23.7 Å². The molecule has 0 unspecified atom stereocenters. The molecule has 0 spiro atoms. The Morgan fingerprint density at radius 3 is 2.26 bits per heavy atom. The standard InChI is InChI=1S/C25H31NO5/c1-4-16-5-7-17(8-6-16)11-26-12-19(18-10-14(2)9-15(3)21(18)26)25-24(30)23(29)22(28)20(13-27)31-25/h5-10,12,20,22-25,27-30H,4,11,13H2,1-3H3/t20-,22-,23+,24-,25+/m1/s1. The van der Waals surface area contributed by atoms with Gasteiger partial charge in [-0.15, -0.1) is 0 Å². The second-order valence-corrected chi connectivity index (χ2v) is 8.61. The van der Waals surface area contributed by atoms with Crippen LogP contribution in [0, 0.1) is 13.8 Å². The molecule has 1 aliphatic heterocycles. The minimum Gasteiger partial charge on any atom is -0.394 e. The molecule has 4 N–H and O–H groups in total. The number of aromatic nitrogens is 1. The quantitative estimate of drug-likeness (QED) is 0.504. The van der Waals surface area contributed by atoms with E-state index in [9.17, 15) is 20.4 Å². The van der Waals surface area contributed by atoms with Gasteiger partial charge < -0.3 is 29.7 Å². The molecule has 0 bridgehead atoms. The molecule has 0 aliphatic carbocycles. The van der Waals surface area contributed by atoms with Gasteiger partial charge in [-0.3, -0.25) is 0 Å². The van der Waals surface area contributed by atoms with Crippen LogP contribution in [0.1, 0.15) is 40.8 Å². The Morgan fingerprint density at radius 1 is 0.935 bits per heavy atom. The molecule has 0 amide bonds. The molecule has 2 heterocycles. The summed E-state index contributed by atoms with van der Waals surface area (Å²) >= 11 is 0. The average molecular weight is 426 g/mol. The van der Waals surface area contributed by atoms with E-state index in [4.69, 9.17) is 4.74 Å². The Hall–Kier alpha value is -2.22. The first kappa shape index (κ1) is 22.0. The van der Waals surface area contributed by atoms with Crippen LogP contribution in [0.15, 0.2) is 42.6 Å². The van der Waals surface area contributed by atoms with Crippen LogP contribution in [0.3, 0.4) is 0 Å². The summed E-state index contributed by atoms with van der Waals surface area (Å²) in [6.45, 7) is 6.42. The summed E-state index contributed by atoms with van der Waals surface area (Å²) in [4.78, 5) is 0. The van der Waals surface area contributed by atoms with E-state index < -0.39 is 37.1 Å². The smallest absolute Gasteiger partial charge is 0.114 e. The van der Waals surface area contributed by atoms with Crippen LogP contribution in [0.4, 0.5) is 0 Å². The molecular weight excluding hydrogens is 394 g/mol. The first-order chi connectivity index (χ1) is 14.8. The maximum absolute atomic E-state index is 10.7. The predicted octanol–water partition coefficient (Wildman–Crippen LogP) is 2.38. The van der Waals surface area contributed by atoms with Crippen molar-refractivity contribution in [2.75, 3.05) is 6.61 Å². The van der Waals surface area contributed by atoms with E-state index in [1.807, 2.05) is 13.1 Å². The number of benzene rings is 2. The lowest BCUT2D eigenvalue weighted by atomic mass is 9.90. The number of hydrogen-bond donors (Lipinski definition) is 4. The Morgan fingerprint density at radius 2 is 1.61 bits per heavy atom. The highest BCUT2D eigenvalue weighted by Gasteiger charge is 2.44. The van der Waals surface area contributed by atoms with Gasteiger partial charge in [-0.05, 0) is 43.0 Å². The topological polar surface area (TPSA) is 95.1 Å². The Bertz CT molecular complexity index is 1060. The first-order valence-corrected chi connectivity index (χ1v) is 10.8. The number of rotatable bonds is 5. The van der Waals surface area contributed by atoms with Crippen molar-refractivity contribution in [1.82, 2.24) is 4.57 Å². The SMILES string of the molecule is CCc1ccc(Cn2cc([C@@H]3O[C@H](CO)[C@@H](O)[C@H](O)[C@H]3O)c3cc(C)cc(C)c32)cc1. The summed E-state index contributed by atoms with van der Waals surface area (Å²) in [6, 6.07) is 12.7. The number of aliphatic hydroxyl groups is 4. The third-order valence-corrected chi connectivity index (χ3v) is 6.32. The van der Waals surface area contributed by atoms with Crippen molar-refractivity contribution in [3.05, 3.63) is 70.4 Å². The maximum atomic E-state index is 10.7. The van der Waals surface area contributed by atoms with Crippen LogP contribution in [0.2, 0.25) is 0 Å². The monoisotopic (exact) mass is 425 g/mol. The van der Waals surface area contributed by atoms with Crippen LogP contribution < -0.4 is 0 Å². The zero-order valence-corrected chi connectivity index (χ0v) is 18.2. The molecular formula is C25H31NO5. The molecule has 31 heavy (non-hydrogen) atoms. The molecule has 0 saturated carbocycles. The summed E-state index contributed by atoms with van der Waals surface area (Å²) in [7, 11) is 0. The predicted molar refractivity (Wildman–Crippen MR) is 119 cm³/mol. The Balaban J connectivity index is 1.80. The van der Waals surface area contributed by atoms with Gasteiger partial charge in [0.25, 0.3) is 0 Å². The summed E-state index contributed by atoms with van der Waals surface area (Å²) < 4.78 is 8.02. The molecule has 6 heteroatoms. The third kappa shape index (κ3) is 4.02. The number of aliphatic hydroxyl groups excluding tert-OH is 4. The van der Waals surface area contributed by atoms with Crippen molar-refractivity contribution in [2.45, 2.75) is 64.3 Å². The van der Waals surface area contributed by atoms with Crippen molar-refractivity contribution in [3.8, 4) is 0 Å². The van der Waals surface area contributed by atoms with Crippen LogP contribution in [-0.4, -0.2) is 56.0 Å². The van der Waals surface area contributed by atoms with Gasteiger partial charge in [-0.25, -0.2) is 0 Å². The van der Waals surface area contributed by atoms with E-state index >= 15 is 0 Å². The molecule has 6 nitrogen and oxygen atoms in total. The summed E-state index contributed by atoms with van der Waals surface area (Å²) in [5, 5.41) is 41.7. The van der Waals surface area contributed by atoms with Crippen molar-refractivity contribution in [3.63, 3.8) is 0 Å². The van der Waals surface area contributed by atoms with Crippen molar-refractivity contribution < 1.29 is 25.2 Å². The second kappa shape index (κ2) is 8.73. The Kier molecular flexibility index (Phi) is 6.19. The minimum atomic E-state index is -1.40. The number of hydrogen-bond acceptors (Lipinski definition) is 5. The number of ether oxygens (including phenoxy) is 1. The fourth-order valence-corrected chi connectivity index (χ4v) is 4.65. The normalized spacial score (nSPS) is 26.5. The van der Waals surface area contributed by atoms with Gasteiger partial charge in [-0.2, -0.15) is 0 Å². The van der Waals surface area contributed by atoms with Crippen LogP contribution in [0.5, 0.6) is 0 Å². The van der Waals surface area contributed by atoms with E-state index in [1.54, 1.807) is 0 Å². The van der Waals surface area contributed by atoms with Gasteiger partial charge in [0.2, 0.25) is 0 Å². The number of fused-ring (bicyclic) bond motifs is 1. The highest BCUT2D eigenvalue weighted by molar-refractivity contribution is 5.88. The summed E-state index contributed by atoms with van der Waals surface area (Å²) in [5.41, 5.74) is 6.42. The highest BCUT2D eigenvalue weighted by Crippen LogP contribution is 2.38.